The first-order valence-electron chi connectivity index (χ1n) is 9.69. The van der Waals surface area contributed by atoms with E-state index in [1.54, 1.807) is 13.3 Å². The van der Waals surface area contributed by atoms with Crippen LogP contribution >= 0.6 is 0 Å². The Balaban J connectivity index is 1.57. The van der Waals surface area contributed by atoms with Crippen LogP contribution in [0.25, 0.3) is 10.8 Å². The summed E-state index contributed by atoms with van der Waals surface area (Å²) in [6, 6.07) is 16.2. The quantitative estimate of drug-likeness (QED) is 0.693. The molecule has 1 fully saturated rings. The molecule has 6 heteroatoms. The third-order valence-corrected chi connectivity index (χ3v) is 5.75. The van der Waals surface area contributed by atoms with Crippen molar-refractivity contribution in [3.63, 3.8) is 0 Å². The monoisotopic (exact) mass is 392 g/mol. The van der Waals surface area contributed by atoms with E-state index in [2.05, 4.69) is 4.98 Å². The Morgan fingerprint density at radius 1 is 1.10 bits per heavy atom. The van der Waals surface area contributed by atoms with Gasteiger partial charge in [-0.3, -0.25) is 14.7 Å². The highest BCUT2D eigenvalue weighted by Crippen LogP contribution is 2.35. The second-order valence-corrected chi connectivity index (χ2v) is 7.50. The number of hydrogen-bond acceptors (Lipinski definition) is 5. The van der Waals surface area contributed by atoms with Crippen molar-refractivity contribution in [1.29, 1.82) is 0 Å². The van der Waals surface area contributed by atoms with Gasteiger partial charge >= 0.3 is 5.97 Å². The molecule has 1 unspecified atom stereocenters. The number of fused-ring (bicyclic) bond motifs is 1. The van der Waals surface area contributed by atoms with E-state index in [0.29, 0.717) is 31.6 Å². The van der Waals surface area contributed by atoms with E-state index in [4.69, 9.17) is 4.74 Å². The molecule has 2 N–H and O–H groups in total. The van der Waals surface area contributed by atoms with Crippen LogP contribution in [-0.2, 0) is 10.4 Å². The van der Waals surface area contributed by atoms with Crippen molar-refractivity contribution >= 4 is 16.7 Å². The Labute approximate surface area is 169 Å². The van der Waals surface area contributed by atoms with E-state index in [9.17, 15) is 15.0 Å². The highest BCUT2D eigenvalue weighted by atomic mass is 16.5. The number of carbonyl (C=O) groups is 1. The number of likely N-dealkylation sites (tertiary alicyclic amines) is 1. The van der Waals surface area contributed by atoms with Gasteiger partial charge in [0.25, 0.3) is 0 Å². The molecule has 0 aliphatic carbocycles. The van der Waals surface area contributed by atoms with E-state index in [-0.39, 0.29) is 0 Å². The minimum Gasteiger partial charge on any atom is -0.497 e. The summed E-state index contributed by atoms with van der Waals surface area (Å²) >= 11 is 0. The first-order chi connectivity index (χ1) is 14.0. The molecule has 2 aromatic carbocycles. The molecule has 0 bridgehead atoms. The Kier molecular flexibility index (Phi) is 5.22. The van der Waals surface area contributed by atoms with E-state index in [0.717, 1.165) is 22.1 Å². The Hall–Kier alpha value is -2.96. The SMILES string of the molecule is COc1ccc2cc(C(C(=O)O)N3CCC(O)(c4ccccn4)CC3)ccc2c1. The summed E-state index contributed by atoms with van der Waals surface area (Å²) in [5, 5.41) is 22.9. The summed E-state index contributed by atoms with van der Waals surface area (Å²) in [6.45, 7) is 0.954. The lowest BCUT2D eigenvalue weighted by Gasteiger charge is -2.40. The largest absolute Gasteiger partial charge is 0.497 e. The van der Waals surface area contributed by atoms with Gasteiger partial charge in [0, 0.05) is 19.3 Å². The number of carboxylic acid groups (broad SMARTS) is 1. The van der Waals surface area contributed by atoms with Crippen LogP contribution in [0.3, 0.4) is 0 Å². The van der Waals surface area contributed by atoms with Crippen LogP contribution in [0.1, 0.15) is 30.1 Å². The van der Waals surface area contributed by atoms with Gasteiger partial charge in [-0.2, -0.15) is 0 Å². The van der Waals surface area contributed by atoms with Gasteiger partial charge in [-0.15, -0.1) is 0 Å². The summed E-state index contributed by atoms with van der Waals surface area (Å²) in [7, 11) is 1.62. The van der Waals surface area contributed by atoms with Gasteiger partial charge in [-0.05, 0) is 59.5 Å². The van der Waals surface area contributed by atoms with Crippen LogP contribution in [0.4, 0.5) is 0 Å². The van der Waals surface area contributed by atoms with E-state index >= 15 is 0 Å². The molecule has 0 amide bonds. The number of piperidine rings is 1. The number of ether oxygens (including phenoxy) is 1. The van der Waals surface area contributed by atoms with Crippen LogP contribution < -0.4 is 4.74 Å². The van der Waals surface area contributed by atoms with Gasteiger partial charge in [-0.25, -0.2) is 0 Å². The maximum absolute atomic E-state index is 12.1. The Bertz CT molecular complexity index is 1010. The molecule has 4 rings (SSSR count). The zero-order valence-electron chi connectivity index (χ0n) is 16.3. The number of nitrogens with zero attached hydrogens (tertiary/aromatic N) is 2. The molecule has 1 aliphatic heterocycles. The molecule has 150 valence electrons. The smallest absolute Gasteiger partial charge is 0.325 e. The fraction of sp³-hybridized carbons (Fsp3) is 0.304. The predicted octanol–water partition coefficient (Wildman–Crippen LogP) is 3.35. The third-order valence-electron chi connectivity index (χ3n) is 5.75. The lowest BCUT2D eigenvalue weighted by atomic mass is 9.86. The average Bonchev–Trinajstić information content (AvgIpc) is 2.75. The first kappa shape index (κ1) is 19.4. The lowest BCUT2D eigenvalue weighted by molar-refractivity contribution is -0.146. The van der Waals surface area contributed by atoms with Gasteiger partial charge in [0.15, 0.2) is 0 Å². The number of aliphatic hydroxyl groups is 1. The van der Waals surface area contributed by atoms with E-state index < -0.39 is 17.6 Å². The van der Waals surface area contributed by atoms with Gasteiger partial charge in [0.2, 0.25) is 0 Å². The molecule has 1 atom stereocenters. The van der Waals surface area contributed by atoms with Crippen LogP contribution in [0.2, 0.25) is 0 Å². The van der Waals surface area contributed by atoms with E-state index in [1.165, 1.54) is 0 Å². The van der Waals surface area contributed by atoms with Crippen molar-refractivity contribution in [3.8, 4) is 5.75 Å². The van der Waals surface area contributed by atoms with Crippen molar-refractivity contribution < 1.29 is 19.7 Å². The topological polar surface area (TPSA) is 82.9 Å². The van der Waals surface area contributed by atoms with Crippen molar-refractivity contribution in [2.45, 2.75) is 24.5 Å². The minimum absolute atomic E-state index is 0.443. The molecule has 1 saturated heterocycles. The molecule has 1 aliphatic rings. The fourth-order valence-electron chi connectivity index (χ4n) is 4.10. The molecular formula is C23H24N2O4. The normalized spacial score (nSPS) is 17.7. The summed E-state index contributed by atoms with van der Waals surface area (Å²) in [4.78, 5) is 18.3. The maximum Gasteiger partial charge on any atom is 0.325 e. The number of rotatable bonds is 5. The molecule has 1 aromatic heterocycles. The number of pyridine rings is 1. The molecule has 3 aromatic rings. The second kappa shape index (κ2) is 7.81. The molecule has 0 radical (unpaired) electrons. The number of benzene rings is 2. The summed E-state index contributed by atoms with van der Waals surface area (Å²) in [5.74, 6) is -0.119. The third kappa shape index (κ3) is 3.81. The van der Waals surface area contributed by atoms with Crippen LogP contribution in [-0.4, -0.2) is 46.3 Å². The highest BCUT2D eigenvalue weighted by molar-refractivity contribution is 5.86. The van der Waals surface area contributed by atoms with Crippen LogP contribution in [0, 0.1) is 0 Å². The van der Waals surface area contributed by atoms with Crippen molar-refractivity contribution in [3.05, 3.63) is 72.1 Å². The van der Waals surface area contributed by atoms with Crippen molar-refractivity contribution in [1.82, 2.24) is 9.88 Å². The molecular weight excluding hydrogens is 368 g/mol. The summed E-state index contributed by atoms with van der Waals surface area (Å²) in [5.41, 5.74) is 0.366. The predicted molar refractivity (Wildman–Crippen MR) is 110 cm³/mol. The van der Waals surface area contributed by atoms with Crippen molar-refractivity contribution in [2.24, 2.45) is 0 Å². The standard InChI is InChI=1S/C23H24N2O4/c1-29-19-8-7-16-14-18(6-5-17(16)15-19)21(22(26)27)25-12-9-23(28,10-13-25)20-4-2-3-11-24-20/h2-8,11,14-15,21,28H,9-10,12-13H2,1H3,(H,26,27). The average molecular weight is 392 g/mol. The second-order valence-electron chi connectivity index (χ2n) is 7.50. The maximum atomic E-state index is 12.1. The lowest BCUT2D eigenvalue weighted by Crippen LogP contribution is -2.46. The molecule has 0 saturated carbocycles. The van der Waals surface area contributed by atoms with E-state index in [1.807, 2.05) is 59.5 Å². The van der Waals surface area contributed by atoms with Gasteiger partial charge in [-0.1, -0.05) is 24.3 Å². The zero-order chi connectivity index (χ0) is 20.4. The Morgan fingerprint density at radius 3 is 2.48 bits per heavy atom. The number of aliphatic carboxylic acids is 1. The molecule has 29 heavy (non-hydrogen) atoms. The van der Waals surface area contributed by atoms with Crippen LogP contribution in [0.15, 0.2) is 60.8 Å². The number of aromatic nitrogens is 1. The van der Waals surface area contributed by atoms with Gasteiger partial charge < -0.3 is 14.9 Å². The zero-order valence-corrected chi connectivity index (χ0v) is 16.3. The number of hydrogen-bond donors (Lipinski definition) is 2. The van der Waals surface area contributed by atoms with Gasteiger partial charge in [0.05, 0.1) is 12.8 Å². The first-order valence-corrected chi connectivity index (χ1v) is 9.69. The minimum atomic E-state index is -1.01. The molecule has 6 nitrogen and oxygen atoms in total. The Morgan fingerprint density at radius 2 is 1.83 bits per heavy atom. The fourth-order valence-corrected chi connectivity index (χ4v) is 4.10. The summed E-state index contributed by atoms with van der Waals surface area (Å²) in [6.07, 6.45) is 2.56. The summed E-state index contributed by atoms with van der Waals surface area (Å²) < 4.78 is 5.26. The highest BCUT2D eigenvalue weighted by Gasteiger charge is 2.39. The molecule has 0 spiro atoms. The van der Waals surface area contributed by atoms with Crippen LogP contribution in [0.5, 0.6) is 5.75 Å². The number of methoxy groups -OCH3 is 1. The molecule has 2 heterocycles. The van der Waals surface area contributed by atoms with Crippen molar-refractivity contribution in [2.75, 3.05) is 20.2 Å². The van der Waals surface area contributed by atoms with Gasteiger partial charge in [0.1, 0.15) is 17.4 Å². The number of carboxylic acids is 1.